The number of nitrogens with two attached hydrogens (primary N) is 2. The van der Waals surface area contributed by atoms with Crippen molar-refractivity contribution in [2.75, 3.05) is 6.54 Å². The second-order valence-electron chi connectivity index (χ2n) is 13.1. The van der Waals surface area contributed by atoms with Gasteiger partial charge in [0, 0.05) is 28.8 Å². The van der Waals surface area contributed by atoms with Gasteiger partial charge in [0.15, 0.2) is 5.82 Å². The standard InChI is InChI=1S/C36H35FN8O3/c1-19(41-18-31(46)45-27(17-38)14-25-15-30(25)45)16-36(35-42-34(43-44-35)20-4-8-26(37)9-5-20)28-10-6-23(32(39)47)12-21(28)2-3-22-13-24(33(40)48)7-11-29(22)36/h4-13,19,25,27,30,41H,2-3,14-16,18H2,1H3,(H2,39,47)(H2,40,48)(H,42,43,44)/t19-,25+,27-,30-/m0/s1. The van der Waals surface area contributed by atoms with Gasteiger partial charge < -0.3 is 26.7 Å². The predicted octanol–water partition coefficient (Wildman–Crippen LogP) is 3.12. The maximum absolute atomic E-state index is 13.8. The van der Waals surface area contributed by atoms with Gasteiger partial charge in [0.2, 0.25) is 17.7 Å². The van der Waals surface area contributed by atoms with E-state index in [0.29, 0.717) is 53.5 Å². The van der Waals surface area contributed by atoms with Gasteiger partial charge in [-0.25, -0.2) is 4.39 Å². The summed E-state index contributed by atoms with van der Waals surface area (Å²) in [6.07, 6.45) is 3.14. The van der Waals surface area contributed by atoms with E-state index in [1.54, 1.807) is 41.3 Å². The molecule has 0 unspecified atom stereocenters. The van der Waals surface area contributed by atoms with Crippen molar-refractivity contribution in [2.45, 2.75) is 62.6 Å². The number of fused-ring (bicyclic) bond motifs is 3. The summed E-state index contributed by atoms with van der Waals surface area (Å²) < 4.78 is 13.8. The molecule has 3 aliphatic rings. The highest BCUT2D eigenvalue weighted by atomic mass is 19.1. The molecule has 2 heterocycles. The van der Waals surface area contributed by atoms with Crippen molar-refractivity contribution in [3.63, 3.8) is 0 Å². The summed E-state index contributed by atoms with van der Waals surface area (Å²) in [6.45, 7) is 2.04. The number of carbonyl (C=O) groups is 3. The molecule has 2 fully saturated rings. The Morgan fingerprint density at radius 3 is 2.21 bits per heavy atom. The normalized spacial score (nSPS) is 20.9. The third-order valence-electron chi connectivity index (χ3n) is 10.1. The van der Waals surface area contributed by atoms with Gasteiger partial charge in [-0.2, -0.15) is 5.26 Å². The van der Waals surface area contributed by atoms with Crippen LogP contribution in [0, 0.1) is 23.1 Å². The highest BCUT2D eigenvalue weighted by Gasteiger charge is 2.54. The van der Waals surface area contributed by atoms with Crippen LogP contribution in [0.5, 0.6) is 0 Å². The van der Waals surface area contributed by atoms with Crippen molar-refractivity contribution in [1.29, 1.82) is 5.26 Å². The van der Waals surface area contributed by atoms with Crippen molar-refractivity contribution in [3.05, 3.63) is 106 Å². The van der Waals surface area contributed by atoms with Crippen LogP contribution in [0.25, 0.3) is 11.4 Å². The van der Waals surface area contributed by atoms with E-state index in [1.807, 2.05) is 19.1 Å². The molecule has 3 amide bonds. The largest absolute Gasteiger partial charge is 0.366 e. The van der Waals surface area contributed by atoms with Crippen LogP contribution in [-0.2, 0) is 23.1 Å². The maximum Gasteiger partial charge on any atom is 0.248 e. The Labute approximate surface area is 276 Å². The number of H-pyrrole nitrogens is 1. The van der Waals surface area contributed by atoms with E-state index in [4.69, 9.17) is 16.6 Å². The second-order valence-corrected chi connectivity index (χ2v) is 13.1. The fraction of sp³-hybridized carbons (Fsp3) is 0.333. The number of likely N-dealkylation sites (tertiary alicyclic amines) is 1. The average Bonchev–Trinajstić information content (AvgIpc) is 3.51. The van der Waals surface area contributed by atoms with Crippen molar-refractivity contribution in [3.8, 4) is 17.5 Å². The average molecular weight is 647 g/mol. The van der Waals surface area contributed by atoms with Crippen LogP contribution in [0.4, 0.5) is 4.39 Å². The van der Waals surface area contributed by atoms with Gasteiger partial charge in [-0.1, -0.05) is 12.1 Å². The van der Waals surface area contributed by atoms with E-state index in [0.717, 1.165) is 35.1 Å². The zero-order chi connectivity index (χ0) is 33.7. The fourth-order valence-electron chi connectivity index (χ4n) is 7.73. The van der Waals surface area contributed by atoms with Crippen molar-refractivity contribution >= 4 is 17.7 Å². The zero-order valence-corrected chi connectivity index (χ0v) is 26.4. The van der Waals surface area contributed by atoms with Gasteiger partial charge in [-0.15, -0.1) is 10.2 Å². The first kappa shape index (κ1) is 31.2. The van der Waals surface area contributed by atoms with E-state index in [1.165, 1.54) is 12.1 Å². The Morgan fingerprint density at radius 2 is 1.62 bits per heavy atom. The van der Waals surface area contributed by atoms with E-state index >= 15 is 0 Å². The van der Waals surface area contributed by atoms with E-state index < -0.39 is 23.3 Å². The van der Waals surface area contributed by atoms with Gasteiger partial charge in [0.1, 0.15) is 17.7 Å². The minimum absolute atomic E-state index is 0.0524. The molecule has 7 rings (SSSR count). The number of amides is 3. The van der Waals surface area contributed by atoms with Crippen LogP contribution < -0.4 is 16.8 Å². The van der Waals surface area contributed by atoms with E-state index in [-0.39, 0.29) is 30.4 Å². The number of halogens is 1. The number of hydrogen-bond donors (Lipinski definition) is 4. The summed E-state index contributed by atoms with van der Waals surface area (Å²) in [5.41, 5.74) is 15.2. The molecule has 1 saturated heterocycles. The number of aryl methyl sites for hydroxylation is 2. The van der Waals surface area contributed by atoms with Crippen molar-refractivity contribution < 1.29 is 18.8 Å². The molecule has 1 aromatic heterocycles. The first-order chi connectivity index (χ1) is 23.1. The molecule has 1 saturated carbocycles. The molecular weight excluding hydrogens is 611 g/mol. The summed E-state index contributed by atoms with van der Waals surface area (Å²) in [5.74, 6) is -0.244. The lowest BCUT2D eigenvalue weighted by atomic mass is 9.67. The molecule has 6 N–H and O–H groups in total. The van der Waals surface area contributed by atoms with Crippen molar-refractivity contribution in [1.82, 2.24) is 25.4 Å². The number of nitrogens with zero attached hydrogens (tertiary/aromatic N) is 4. The van der Waals surface area contributed by atoms with Crippen LogP contribution >= 0.6 is 0 Å². The highest BCUT2D eigenvalue weighted by Crippen LogP contribution is 2.49. The minimum atomic E-state index is -1.02. The molecule has 3 aromatic carbocycles. The minimum Gasteiger partial charge on any atom is -0.366 e. The lowest BCUT2D eigenvalue weighted by molar-refractivity contribution is -0.131. The molecule has 0 radical (unpaired) electrons. The van der Waals surface area contributed by atoms with Gasteiger partial charge in [-0.3, -0.25) is 14.4 Å². The molecule has 11 nitrogen and oxygen atoms in total. The quantitative estimate of drug-likeness (QED) is 0.215. The third kappa shape index (κ3) is 5.40. The molecule has 4 aromatic rings. The summed E-state index contributed by atoms with van der Waals surface area (Å²) in [6, 6.07) is 18.4. The number of primary amides is 2. The Kier molecular flexibility index (Phi) is 7.80. The van der Waals surface area contributed by atoms with Gasteiger partial charge in [0.25, 0.3) is 0 Å². The molecule has 0 bridgehead atoms. The number of nitrogens with one attached hydrogen (secondary N) is 2. The van der Waals surface area contributed by atoms with Crippen LogP contribution in [0.15, 0.2) is 60.7 Å². The smallest absolute Gasteiger partial charge is 0.248 e. The fourth-order valence-corrected chi connectivity index (χ4v) is 7.73. The zero-order valence-electron chi connectivity index (χ0n) is 26.4. The third-order valence-corrected chi connectivity index (χ3v) is 10.1. The number of aromatic amines is 1. The first-order valence-electron chi connectivity index (χ1n) is 16.1. The summed E-state index contributed by atoms with van der Waals surface area (Å²) in [5, 5.41) is 22.2. The van der Waals surface area contributed by atoms with Crippen LogP contribution in [0.3, 0.4) is 0 Å². The molecule has 244 valence electrons. The van der Waals surface area contributed by atoms with E-state index in [9.17, 15) is 24.0 Å². The second kappa shape index (κ2) is 12.0. The molecular formula is C36H35FN8O3. The number of nitriles is 1. The van der Waals surface area contributed by atoms with Crippen LogP contribution in [0.1, 0.15) is 75.0 Å². The Morgan fingerprint density at radius 1 is 1.00 bits per heavy atom. The molecule has 0 spiro atoms. The Hall–Kier alpha value is -5.41. The number of rotatable bonds is 9. The van der Waals surface area contributed by atoms with Gasteiger partial charge in [-0.05, 0) is 116 Å². The van der Waals surface area contributed by atoms with Crippen molar-refractivity contribution in [2.24, 2.45) is 17.4 Å². The number of carbonyl (C=O) groups excluding carboxylic acids is 3. The lowest BCUT2D eigenvalue weighted by Crippen LogP contribution is -2.46. The van der Waals surface area contributed by atoms with Gasteiger partial charge in [0.05, 0.1) is 18.0 Å². The SMILES string of the molecule is C[C@@H](CC1(c2nnc(-c3ccc(F)cc3)[nH]2)c2ccc(C(N)=O)cc2CCc2cc(C(N)=O)ccc21)NCC(=O)N1[C@H](C#N)C[C@@H]2C[C@@H]21. The van der Waals surface area contributed by atoms with Gasteiger partial charge >= 0.3 is 0 Å². The maximum atomic E-state index is 13.8. The Bertz CT molecular complexity index is 1920. The first-order valence-corrected chi connectivity index (χ1v) is 16.1. The number of aromatic nitrogens is 3. The molecule has 2 aliphatic carbocycles. The van der Waals surface area contributed by atoms with Crippen LogP contribution in [-0.4, -0.2) is 62.5 Å². The summed E-state index contributed by atoms with van der Waals surface area (Å²) in [7, 11) is 0. The highest BCUT2D eigenvalue weighted by molar-refractivity contribution is 5.94. The Balaban J connectivity index is 1.34. The molecule has 1 aliphatic heterocycles. The number of benzene rings is 3. The predicted molar refractivity (Wildman–Crippen MR) is 174 cm³/mol. The monoisotopic (exact) mass is 646 g/mol. The lowest BCUT2D eigenvalue weighted by Gasteiger charge is -2.37. The molecule has 12 heteroatoms. The topological polar surface area (TPSA) is 184 Å². The molecule has 4 atom stereocenters. The number of hydrogen-bond acceptors (Lipinski definition) is 7. The molecule has 48 heavy (non-hydrogen) atoms. The summed E-state index contributed by atoms with van der Waals surface area (Å²) in [4.78, 5) is 43.1. The number of piperidine rings is 1. The van der Waals surface area contributed by atoms with E-state index in [2.05, 4.69) is 21.5 Å². The summed E-state index contributed by atoms with van der Waals surface area (Å²) >= 11 is 0. The van der Waals surface area contributed by atoms with Crippen LogP contribution in [0.2, 0.25) is 0 Å².